The minimum absolute atomic E-state index is 0.0146. The number of hydrogen-bond donors (Lipinski definition) is 0. The predicted octanol–water partition coefficient (Wildman–Crippen LogP) is 3.93. The van der Waals surface area contributed by atoms with E-state index in [-0.39, 0.29) is 30.7 Å². The van der Waals surface area contributed by atoms with Gasteiger partial charge in [0.05, 0.1) is 39.5 Å². The minimum atomic E-state index is -4.26. The number of methoxy groups -OCH3 is 2. The number of sulfonamides is 1. The standard InChI is InChI=1S/C27H34FN7O6SSi/c1-33-24(25-29-15-18(28)16-30-25)22(17-41-33)42(36,37)34(12-14-43(4,5)6)27-32-31-26(21-11-8-13-40-21)35(27)23-19(38-2)9-7-10-20(23)39-3/h7-11,13,15-16,22,24H,12,14,17H2,1-6H3/t22-,24-/m0/s1. The van der Waals surface area contributed by atoms with Gasteiger partial charge in [0.15, 0.2) is 11.6 Å². The van der Waals surface area contributed by atoms with Crippen molar-refractivity contribution >= 4 is 24.0 Å². The summed E-state index contributed by atoms with van der Waals surface area (Å²) in [5.74, 6) is 0.898. The molecular weight excluding hydrogens is 597 g/mol. The van der Waals surface area contributed by atoms with Gasteiger partial charge < -0.3 is 13.9 Å². The molecule has 230 valence electrons. The maximum absolute atomic E-state index is 14.8. The molecule has 1 aromatic carbocycles. The summed E-state index contributed by atoms with van der Waals surface area (Å²) in [5.41, 5.74) is 0.394. The van der Waals surface area contributed by atoms with E-state index in [0.717, 1.165) is 12.4 Å². The molecule has 1 saturated heterocycles. The van der Waals surface area contributed by atoms with Crippen LogP contribution in [0.1, 0.15) is 11.9 Å². The van der Waals surface area contributed by atoms with Crippen molar-refractivity contribution in [2.45, 2.75) is 37.0 Å². The lowest BCUT2D eigenvalue weighted by Gasteiger charge is -2.31. The zero-order valence-corrected chi connectivity index (χ0v) is 26.6. The number of rotatable bonds is 11. The number of hydroxylamine groups is 2. The van der Waals surface area contributed by atoms with Gasteiger partial charge in [-0.3, -0.25) is 9.40 Å². The van der Waals surface area contributed by atoms with E-state index in [0.29, 0.717) is 29.0 Å². The van der Waals surface area contributed by atoms with Gasteiger partial charge in [-0.1, -0.05) is 25.7 Å². The molecule has 3 aromatic heterocycles. The lowest BCUT2D eigenvalue weighted by molar-refractivity contribution is -0.112. The van der Waals surface area contributed by atoms with Gasteiger partial charge in [-0.05, 0) is 30.3 Å². The van der Waals surface area contributed by atoms with Crippen molar-refractivity contribution in [2.24, 2.45) is 0 Å². The highest BCUT2D eigenvalue weighted by atomic mass is 32.2. The monoisotopic (exact) mass is 631 g/mol. The Morgan fingerprint density at radius 1 is 1.07 bits per heavy atom. The smallest absolute Gasteiger partial charge is 0.246 e. The first-order chi connectivity index (χ1) is 20.5. The number of aromatic nitrogens is 5. The zero-order chi connectivity index (χ0) is 30.9. The van der Waals surface area contributed by atoms with E-state index in [4.69, 9.17) is 18.7 Å². The van der Waals surface area contributed by atoms with Gasteiger partial charge in [-0.15, -0.1) is 10.2 Å². The van der Waals surface area contributed by atoms with E-state index in [2.05, 4.69) is 39.8 Å². The molecule has 0 N–H and O–H groups in total. The van der Waals surface area contributed by atoms with Gasteiger partial charge in [0.25, 0.3) is 0 Å². The number of ether oxygens (including phenoxy) is 2. The SMILES string of the molecule is COc1cccc(OC)c1-n1c(-c2ccco2)nnc1N(CC[Si](C)(C)C)S(=O)(=O)[C@H]1CON(C)[C@@H]1c1ncc(F)cn1. The molecule has 5 rings (SSSR count). The third kappa shape index (κ3) is 6.00. The molecule has 1 aliphatic rings. The summed E-state index contributed by atoms with van der Waals surface area (Å²) in [6.45, 7) is 6.40. The Bertz CT molecular complexity index is 1640. The fourth-order valence-corrected chi connectivity index (χ4v) is 7.78. The number of nitrogens with zero attached hydrogens (tertiary/aromatic N) is 7. The van der Waals surface area contributed by atoms with Gasteiger partial charge in [-0.2, -0.15) is 5.06 Å². The molecule has 0 spiro atoms. The van der Waals surface area contributed by atoms with E-state index >= 15 is 0 Å². The summed E-state index contributed by atoms with van der Waals surface area (Å²) >= 11 is 0. The third-order valence-corrected chi connectivity index (χ3v) is 10.9. The molecule has 0 aliphatic carbocycles. The normalized spacial score (nSPS) is 17.7. The maximum Gasteiger partial charge on any atom is 0.246 e. The summed E-state index contributed by atoms with van der Waals surface area (Å²) in [6, 6.07) is 8.32. The van der Waals surface area contributed by atoms with Crippen LogP contribution >= 0.6 is 0 Å². The van der Waals surface area contributed by atoms with Crippen LogP contribution in [0.2, 0.25) is 25.7 Å². The fourth-order valence-electron chi connectivity index (χ4n) is 4.85. The molecule has 0 unspecified atom stereocenters. The quantitative estimate of drug-likeness (QED) is 0.223. The summed E-state index contributed by atoms with van der Waals surface area (Å²) in [6.07, 6.45) is 3.49. The van der Waals surface area contributed by atoms with Crippen molar-refractivity contribution < 1.29 is 31.5 Å². The molecular formula is C27H34FN7O6SSi. The maximum atomic E-state index is 14.8. The van der Waals surface area contributed by atoms with E-state index in [1.165, 1.54) is 29.9 Å². The van der Waals surface area contributed by atoms with E-state index < -0.39 is 35.2 Å². The first-order valence-electron chi connectivity index (χ1n) is 13.5. The molecule has 1 fully saturated rings. The molecule has 1 aliphatic heterocycles. The van der Waals surface area contributed by atoms with Crippen molar-refractivity contribution in [3.05, 3.63) is 60.6 Å². The second-order valence-corrected chi connectivity index (χ2v) is 18.9. The van der Waals surface area contributed by atoms with Crippen molar-refractivity contribution in [3.8, 4) is 28.8 Å². The number of benzene rings is 1. The fraction of sp³-hybridized carbons (Fsp3) is 0.407. The topological polar surface area (TPSA) is 138 Å². The Morgan fingerprint density at radius 2 is 1.74 bits per heavy atom. The second-order valence-electron chi connectivity index (χ2n) is 11.2. The van der Waals surface area contributed by atoms with Crippen LogP contribution in [0, 0.1) is 5.82 Å². The highest BCUT2D eigenvalue weighted by Crippen LogP contribution is 2.41. The molecule has 0 bridgehead atoms. The van der Waals surface area contributed by atoms with Gasteiger partial charge in [0.2, 0.25) is 21.8 Å². The lowest BCUT2D eigenvalue weighted by atomic mass is 10.2. The van der Waals surface area contributed by atoms with Crippen molar-refractivity contribution in [3.63, 3.8) is 0 Å². The van der Waals surface area contributed by atoms with Crippen molar-refractivity contribution in [1.82, 2.24) is 29.8 Å². The Labute approximate surface area is 250 Å². The van der Waals surface area contributed by atoms with Crippen LogP contribution in [-0.4, -0.2) is 86.0 Å². The molecule has 4 heterocycles. The van der Waals surface area contributed by atoms with E-state index in [9.17, 15) is 12.8 Å². The summed E-state index contributed by atoms with van der Waals surface area (Å²) in [7, 11) is -1.44. The van der Waals surface area contributed by atoms with E-state index in [1.54, 1.807) is 41.9 Å². The summed E-state index contributed by atoms with van der Waals surface area (Å²) in [4.78, 5) is 13.9. The van der Waals surface area contributed by atoms with Crippen LogP contribution in [0.25, 0.3) is 17.3 Å². The first kappa shape index (κ1) is 30.6. The van der Waals surface area contributed by atoms with Gasteiger partial charge in [-0.25, -0.2) is 27.1 Å². The Balaban J connectivity index is 1.73. The molecule has 13 nitrogen and oxygen atoms in total. The van der Waals surface area contributed by atoms with Gasteiger partial charge in [0.1, 0.15) is 34.3 Å². The molecule has 4 aromatic rings. The lowest BCUT2D eigenvalue weighted by Crippen LogP contribution is -2.45. The number of furan rings is 1. The first-order valence-corrected chi connectivity index (χ1v) is 18.7. The number of halogens is 1. The molecule has 16 heteroatoms. The third-order valence-electron chi connectivity index (χ3n) is 7.08. The Morgan fingerprint density at radius 3 is 2.33 bits per heavy atom. The van der Waals surface area contributed by atoms with Crippen LogP contribution < -0.4 is 13.8 Å². The molecule has 0 radical (unpaired) electrons. The molecule has 0 saturated carbocycles. The molecule has 43 heavy (non-hydrogen) atoms. The van der Waals surface area contributed by atoms with Crippen LogP contribution in [0.15, 0.2) is 53.4 Å². The van der Waals surface area contributed by atoms with Gasteiger partial charge >= 0.3 is 0 Å². The second kappa shape index (κ2) is 12.0. The number of anilines is 1. The van der Waals surface area contributed by atoms with Crippen molar-refractivity contribution in [2.75, 3.05) is 38.7 Å². The zero-order valence-electron chi connectivity index (χ0n) is 24.8. The summed E-state index contributed by atoms with van der Waals surface area (Å²) < 4.78 is 63.1. The minimum Gasteiger partial charge on any atom is -0.494 e. The summed E-state index contributed by atoms with van der Waals surface area (Å²) in [5, 5.41) is 9.07. The highest BCUT2D eigenvalue weighted by molar-refractivity contribution is 7.93. The average Bonchev–Trinajstić information content (AvgIpc) is 3.73. The molecule has 0 amide bonds. The van der Waals surface area contributed by atoms with Crippen molar-refractivity contribution in [1.29, 1.82) is 0 Å². The van der Waals surface area contributed by atoms with E-state index in [1.807, 2.05) is 0 Å². The highest BCUT2D eigenvalue weighted by Gasteiger charge is 2.49. The van der Waals surface area contributed by atoms with Gasteiger partial charge in [0, 0.05) is 21.7 Å². The van der Waals surface area contributed by atoms with Crippen LogP contribution in [0.5, 0.6) is 11.5 Å². The number of para-hydroxylation sites is 1. The van der Waals surface area contributed by atoms with Crippen LogP contribution in [0.3, 0.4) is 0 Å². The Hall–Kier alpha value is -3.86. The van der Waals surface area contributed by atoms with Crippen LogP contribution in [-0.2, 0) is 14.9 Å². The Kier molecular flexibility index (Phi) is 8.55. The largest absolute Gasteiger partial charge is 0.494 e. The average molecular weight is 632 g/mol. The molecule has 2 atom stereocenters. The van der Waals surface area contributed by atoms with Crippen LogP contribution in [0.4, 0.5) is 10.3 Å². The number of hydrogen-bond acceptors (Lipinski definition) is 11. The predicted molar refractivity (Wildman–Crippen MR) is 159 cm³/mol.